The highest BCUT2D eigenvalue weighted by atomic mass is 19.4. The molecule has 3 nitrogen and oxygen atoms in total. The number of rotatable bonds is 1. The molecule has 17 heavy (non-hydrogen) atoms. The predicted octanol–water partition coefficient (Wildman–Crippen LogP) is 2.74. The molecule has 2 aromatic rings. The van der Waals surface area contributed by atoms with E-state index in [2.05, 4.69) is 9.97 Å². The molecule has 0 aliphatic heterocycles. The minimum atomic E-state index is -4.36. The largest absolute Gasteiger partial charge is 0.416 e. The fourth-order valence-corrected chi connectivity index (χ4v) is 1.36. The second-order valence-electron chi connectivity index (χ2n) is 3.41. The maximum Gasteiger partial charge on any atom is 0.416 e. The first kappa shape index (κ1) is 11.4. The van der Waals surface area contributed by atoms with E-state index in [0.717, 1.165) is 12.1 Å². The van der Waals surface area contributed by atoms with Crippen molar-refractivity contribution in [2.24, 2.45) is 0 Å². The van der Waals surface area contributed by atoms with Crippen LogP contribution in [-0.2, 0) is 6.18 Å². The second kappa shape index (κ2) is 4.04. The van der Waals surface area contributed by atoms with Crippen molar-refractivity contribution in [2.75, 3.05) is 5.73 Å². The normalized spacial score (nSPS) is 11.5. The molecule has 0 amide bonds. The summed E-state index contributed by atoms with van der Waals surface area (Å²) < 4.78 is 37.5. The van der Waals surface area contributed by atoms with Crippen LogP contribution in [0.5, 0.6) is 0 Å². The summed E-state index contributed by atoms with van der Waals surface area (Å²) in [6.45, 7) is 0. The van der Waals surface area contributed by atoms with Crippen LogP contribution in [0.1, 0.15) is 5.56 Å². The molecule has 1 aromatic heterocycles. The number of aromatic nitrogens is 2. The smallest absolute Gasteiger partial charge is 0.368 e. The lowest BCUT2D eigenvalue weighted by molar-refractivity contribution is -0.137. The van der Waals surface area contributed by atoms with Crippen LogP contribution in [0.3, 0.4) is 0 Å². The molecule has 0 saturated heterocycles. The molecular weight excluding hydrogens is 231 g/mol. The van der Waals surface area contributed by atoms with Gasteiger partial charge in [0.2, 0.25) is 5.95 Å². The van der Waals surface area contributed by atoms with E-state index in [0.29, 0.717) is 11.1 Å². The van der Waals surface area contributed by atoms with E-state index in [1.54, 1.807) is 6.07 Å². The molecule has 1 aromatic carbocycles. The van der Waals surface area contributed by atoms with Crippen LogP contribution in [0.4, 0.5) is 19.1 Å². The fourth-order valence-electron chi connectivity index (χ4n) is 1.36. The maximum absolute atomic E-state index is 12.5. The third kappa shape index (κ3) is 2.52. The second-order valence-corrected chi connectivity index (χ2v) is 3.41. The van der Waals surface area contributed by atoms with E-state index in [9.17, 15) is 13.2 Å². The molecular formula is C11H8F3N3. The molecule has 0 aliphatic carbocycles. The molecule has 0 radical (unpaired) electrons. The van der Waals surface area contributed by atoms with Crippen LogP contribution in [0, 0.1) is 0 Å². The Bertz CT molecular complexity index is 520. The Morgan fingerprint density at radius 3 is 2.24 bits per heavy atom. The van der Waals surface area contributed by atoms with Crippen LogP contribution in [-0.4, -0.2) is 9.97 Å². The number of hydrogen-bond acceptors (Lipinski definition) is 3. The number of hydrogen-bond donors (Lipinski definition) is 1. The molecule has 1 heterocycles. The Morgan fingerprint density at radius 2 is 1.65 bits per heavy atom. The Morgan fingerprint density at radius 1 is 1.00 bits per heavy atom. The summed E-state index contributed by atoms with van der Waals surface area (Å²) in [6.07, 6.45) is -1.58. The summed E-state index contributed by atoms with van der Waals surface area (Å²) >= 11 is 0. The number of benzene rings is 1. The zero-order valence-electron chi connectivity index (χ0n) is 8.57. The van der Waals surface area contributed by atoms with Gasteiger partial charge < -0.3 is 5.73 Å². The Hall–Kier alpha value is -2.11. The van der Waals surface area contributed by atoms with Gasteiger partial charge in [0.05, 0.1) is 5.56 Å². The van der Waals surface area contributed by atoms with Gasteiger partial charge in [-0.15, -0.1) is 0 Å². The Labute approximate surface area is 95.1 Å². The van der Waals surface area contributed by atoms with Gasteiger partial charge in [-0.25, -0.2) is 9.97 Å². The molecule has 0 spiro atoms. The molecule has 0 aliphatic rings. The molecule has 2 N–H and O–H groups in total. The van der Waals surface area contributed by atoms with Crippen LogP contribution in [0.15, 0.2) is 36.7 Å². The summed E-state index contributed by atoms with van der Waals surface area (Å²) in [5, 5.41) is 0. The molecule has 2 rings (SSSR count). The van der Waals surface area contributed by atoms with E-state index in [1.807, 2.05) is 0 Å². The van der Waals surface area contributed by atoms with E-state index < -0.39 is 11.7 Å². The molecule has 6 heteroatoms. The van der Waals surface area contributed by atoms with Gasteiger partial charge >= 0.3 is 6.18 Å². The molecule has 0 unspecified atom stereocenters. The average Bonchev–Trinajstić information content (AvgIpc) is 2.29. The average molecular weight is 239 g/mol. The van der Waals surface area contributed by atoms with Crippen LogP contribution in [0.25, 0.3) is 11.1 Å². The molecule has 0 bridgehead atoms. The molecule has 0 fully saturated rings. The maximum atomic E-state index is 12.5. The first-order chi connectivity index (χ1) is 7.97. The molecule has 88 valence electrons. The first-order valence-corrected chi connectivity index (χ1v) is 4.72. The van der Waals surface area contributed by atoms with E-state index in [-0.39, 0.29) is 5.95 Å². The number of nitrogen functional groups attached to an aromatic ring is 1. The van der Waals surface area contributed by atoms with Gasteiger partial charge in [0.15, 0.2) is 0 Å². The summed E-state index contributed by atoms with van der Waals surface area (Å²) in [4.78, 5) is 7.47. The van der Waals surface area contributed by atoms with Crippen molar-refractivity contribution < 1.29 is 13.2 Å². The third-order valence-corrected chi connectivity index (χ3v) is 2.20. The number of nitrogens with two attached hydrogens (primary N) is 1. The summed E-state index contributed by atoms with van der Waals surface area (Å²) in [6, 6.07) is 4.97. The van der Waals surface area contributed by atoms with E-state index in [1.165, 1.54) is 18.5 Å². The third-order valence-electron chi connectivity index (χ3n) is 2.20. The fraction of sp³-hybridized carbons (Fsp3) is 0.0909. The van der Waals surface area contributed by atoms with Gasteiger partial charge in [0, 0.05) is 18.0 Å². The van der Waals surface area contributed by atoms with Crippen molar-refractivity contribution in [2.45, 2.75) is 6.18 Å². The highest BCUT2D eigenvalue weighted by Crippen LogP contribution is 2.31. The highest BCUT2D eigenvalue weighted by Gasteiger charge is 2.30. The SMILES string of the molecule is Nc1ncc(-c2cccc(C(F)(F)F)c2)cn1. The van der Waals surface area contributed by atoms with Gasteiger partial charge in [-0.05, 0) is 17.7 Å². The Kier molecular flexibility index (Phi) is 2.71. The minimum absolute atomic E-state index is 0.0840. The first-order valence-electron chi connectivity index (χ1n) is 4.72. The van der Waals surface area contributed by atoms with Crippen LogP contribution >= 0.6 is 0 Å². The van der Waals surface area contributed by atoms with E-state index in [4.69, 9.17) is 5.73 Å². The number of anilines is 1. The van der Waals surface area contributed by atoms with Crippen molar-refractivity contribution in [1.82, 2.24) is 9.97 Å². The molecule has 0 atom stereocenters. The van der Waals surface area contributed by atoms with Crippen molar-refractivity contribution >= 4 is 5.95 Å². The van der Waals surface area contributed by atoms with Crippen molar-refractivity contribution in [3.8, 4) is 11.1 Å². The van der Waals surface area contributed by atoms with Crippen molar-refractivity contribution in [1.29, 1.82) is 0 Å². The number of alkyl halides is 3. The van der Waals surface area contributed by atoms with Crippen molar-refractivity contribution in [3.05, 3.63) is 42.2 Å². The van der Waals surface area contributed by atoms with Crippen LogP contribution < -0.4 is 5.73 Å². The molecule has 0 saturated carbocycles. The zero-order chi connectivity index (χ0) is 12.5. The number of halogens is 3. The van der Waals surface area contributed by atoms with E-state index >= 15 is 0 Å². The van der Waals surface area contributed by atoms with Gasteiger partial charge in [-0.3, -0.25) is 0 Å². The Balaban J connectivity index is 2.43. The minimum Gasteiger partial charge on any atom is -0.368 e. The number of nitrogens with zero attached hydrogens (tertiary/aromatic N) is 2. The topological polar surface area (TPSA) is 51.8 Å². The standard InChI is InChI=1S/C11H8F3N3/c12-11(13,14)9-3-1-2-7(4-9)8-5-16-10(15)17-6-8/h1-6H,(H2,15,16,17). The van der Waals surface area contributed by atoms with Gasteiger partial charge in [0.25, 0.3) is 0 Å². The van der Waals surface area contributed by atoms with Gasteiger partial charge in [-0.1, -0.05) is 12.1 Å². The lowest BCUT2D eigenvalue weighted by Crippen LogP contribution is -2.04. The lowest BCUT2D eigenvalue weighted by atomic mass is 10.1. The summed E-state index contributed by atoms with van der Waals surface area (Å²) in [5.74, 6) is 0.0840. The highest BCUT2D eigenvalue weighted by molar-refractivity contribution is 5.62. The van der Waals surface area contributed by atoms with Crippen molar-refractivity contribution in [3.63, 3.8) is 0 Å². The van der Waals surface area contributed by atoms with Gasteiger partial charge in [0.1, 0.15) is 0 Å². The quantitative estimate of drug-likeness (QED) is 0.832. The summed E-state index contributed by atoms with van der Waals surface area (Å²) in [7, 11) is 0. The van der Waals surface area contributed by atoms with Crippen LogP contribution in [0.2, 0.25) is 0 Å². The zero-order valence-corrected chi connectivity index (χ0v) is 8.57. The monoisotopic (exact) mass is 239 g/mol. The lowest BCUT2D eigenvalue weighted by Gasteiger charge is -2.08. The summed E-state index contributed by atoms with van der Waals surface area (Å²) in [5.41, 5.74) is 5.49. The predicted molar refractivity (Wildman–Crippen MR) is 56.9 cm³/mol. The van der Waals surface area contributed by atoms with Gasteiger partial charge in [-0.2, -0.15) is 13.2 Å².